The number of piperazine rings is 1. The number of hydrogen-bond donors (Lipinski definition) is 1. The van der Waals surface area contributed by atoms with Gasteiger partial charge in [0, 0.05) is 45.1 Å². The zero-order chi connectivity index (χ0) is 16.2. The molecule has 122 valence electrons. The lowest BCUT2D eigenvalue weighted by molar-refractivity contribution is 0.109. The van der Waals surface area contributed by atoms with Gasteiger partial charge in [-0.1, -0.05) is 18.2 Å². The van der Waals surface area contributed by atoms with Crippen LogP contribution in [0.1, 0.15) is 22.8 Å². The lowest BCUT2D eigenvalue weighted by Gasteiger charge is -2.36. The first-order valence-corrected chi connectivity index (χ1v) is 8.12. The van der Waals surface area contributed by atoms with E-state index in [9.17, 15) is 5.11 Å². The Kier molecular flexibility index (Phi) is 4.88. The van der Waals surface area contributed by atoms with Crippen LogP contribution in [0.5, 0.6) is 0 Å². The fourth-order valence-electron chi connectivity index (χ4n) is 2.94. The van der Waals surface area contributed by atoms with Gasteiger partial charge in [0.1, 0.15) is 5.82 Å². The minimum atomic E-state index is -0.433. The molecular formula is C18H24N4O. The summed E-state index contributed by atoms with van der Waals surface area (Å²) in [6, 6.07) is 6.21. The topological polar surface area (TPSA) is 52.5 Å². The Bertz CT molecular complexity index is 639. The molecule has 0 spiro atoms. The van der Waals surface area contributed by atoms with Gasteiger partial charge in [-0.3, -0.25) is 9.88 Å². The average molecular weight is 312 g/mol. The van der Waals surface area contributed by atoms with Gasteiger partial charge in [0.05, 0.1) is 12.3 Å². The van der Waals surface area contributed by atoms with Crippen molar-refractivity contribution in [3.8, 4) is 0 Å². The molecule has 0 aliphatic carbocycles. The maximum atomic E-state index is 10.5. The number of β-amino-alcohol motifs (C(OH)–C–C–N with tert-alkyl or cyclic N) is 1. The van der Waals surface area contributed by atoms with E-state index in [4.69, 9.17) is 0 Å². The van der Waals surface area contributed by atoms with E-state index in [2.05, 4.69) is 45.7 Å². The second kappa shape index (κ2) is 7.06. The van der Waals surface area contributed by atoms with Crippen molar-refractivity contribution in [1.29, 1.82) is 0 Å². The Labute approximate surface area is 137 Å². The lowest BCUT2D eigenvalue weighted by atomic mass is 10.0. The second-order valence-electron chi connectivity index (χ2n) is 6.21. The maximum Gasteiger partial charge on any atom is 0.147 e. The number of nitrogens with zero attached hydrogens (tertiary/aromatic N) is 4. The van der Waals surface area contributed by atoms with Crippen molar-refractivity contribution >= 4 is 5.82 Å². The molecule has 5 heteroatoms. The fourth-order valence-corrected chi connectivity index (χ4v) is 2.94. The standard InChI is InChI=1S/C18H24N4O/c1-14-3-4-16(11-15(14)2)17(23)13-21-7-9-22(10-8-21)18-12-19-5-6-20-18/h3-6,11-12,17,23H,7-10,13H2,1-2H3. The first-order chi connectivity index (χ1) is 11.1. The van der Waals surface area contributed by atoms with Crippen molar-refractivity contribution < 1.29 is 5.11 Å². The third-order valence-electron chi connectivity index (χ3n) is 4.59. The molecular weight excluding hydrogens is 288 g/mol. The van der Waals surface area contributed by atoms with Crippen LogP contribution in [0.4, 0.5) is 5.82 Å². The Balaban J connectivity index is 1.55. The molecule has 2 heterocycles. The molecule has 1 fully saturated rings. The second-order valence-corrected chi connectivity index (χ2v) is 6.21. The number of benzene rings is 1. The highest BCUT2D eigenvalue weighted by Gasteiger charge is 2.20. The van der Waals surface area contributed by atoms with Crippen LogP contribution >= 0.6 is 0 Å². The van der Waals surface area contributed by atoms with Gasteiger partial charge in [0.2, 0.25) is 0 Å². The van der Waals surface area contributed by atoms with E-state index in [1.54, 1.807) is 18.6 Å². The van der Waals surface area contributed by atoms with Gasteiger partial charge >= 0.3 is 0 Å². The van der Waals surface area contributed by atoms with Crippen LogP contribution in [-0.2, 0) is 0 Å². The zero-order valence-corrected chi connectivity index (χ0v) is 13.8. The van der Waals surface area contributed by atoms with Crippen molar-refractivity contribution in [3.05, 3.63) is 53.5 Å². The predicted octanol–water partition coefficient (Wildman–Crippen LogP) is 1.95. The largest absolute Gasteiger partial charge is 0.387 e. The summed E-state index contributed by atoms with van der Waals surface area (Å²) < 4.78 is 0. The van der Waals surface area contributed by atoms with Crippen LogP contribution in [0.15, 0.2) is 36.8 Å². The molecule has 3 rings (SSSR count). The van der Waals surface area contributed by atoms with Gasteiger partial charge in [-0.2, -0.15) is 0 Å². The van der Waals surface area contributed by atoms with Gasteiger partial charge in [-0.05, 0) is 30.5 Å². The molecule has 0 amide bonds. The summed E-state index contributed by atoms with van der Waals surface area (Å²) in [5.41, 5.74) is 3.50. The normalized spacial score (nSPS) is 17.3. The molecule has 0 saturated carbocycles. The number of aryl methyl sites for hydroxylation is 2. The van der Waals surface area contributed by atoms with Gasteiger partial charge in [-0.15, -0.1) is 0 Å². The van der Waals surface area contributed by atoms with E-state index in [0.717, 1.165) is 37.6 Å². The van der Waals surface area contributed by atoms with E-state index in [-0.39, 0.29) is 0 Å². The summed E-state index contributed by atoms with van der Waals surface area (Å²) in [4.78, 5) is 13.0. The molecule has 1 N–H and O–H groups in total. The highest BCUT2D eigenvalue weighted by Crippen LogP contribution is 2.19. The summed E-state index contributed by atoms with van der Waals surface area (Å²) in [7, 11) is 0. The van der Waals surface area contributed by atoms with E-state index < -0.39 is 6.10 Å². The van der Waals surface area contributed by atoms with Crippen molar-refractivity contribution in [2.45, 2.75) is 20.0 Å². The predicted molar refractivity (Wildman–Crippen MR) is 91.6 cm³/mol. The molecule has 1 aromatic carbocycles. The molecule has 1 unspecified atom stereocenters. The number of anilines is 1. The molecule has 1 aliphatic rings. The van der Waals surface area contributed by atoms with Gasteiger partial charge in [0.15, 0.2) is 0 Å². The van der Waals surface area contributed by atoms with Crippen LogP contribution in [-0.4, -0.2) is 52.7 Å². The van der Waals surface area contributed by atoms with Crippen LogP contribution in [0, 0.1) is 13.8 Å². The SMILES string of the molecule is Cc1ccc(C(O)CN2CCN(c3cnccn3)CC2)cc1C. The molecule has 1 aliphatic heterocycles. The minimum absolute atomic E-state index is 0.433. The van der Waals surface area contributed by atoms with Crippen molar-refractivity contribution in [3.63, 3.8) is 0 Å². The summed E-state index contributed by atoms with van der Waals surface area (Å²) >= 11 is 0. The summed E-state index contributed by atoms with van der Waals surface area (Å²) in [6.45, 7) is 8.55. The zero-order valence-electron chi connectivity index (χ0n) is 13.8. The molecule has 1 saturated heterocycles. The van der Waals surface area contributed by atoms with E-state index in [1.807, 2.05) is 6.07 Å². The highest BCUT2D eigenvalue weighted by molar-refractivity contribution is 5.35. The highest BCUT2D eigenvalue weighted by atomic mass is 16.3. The summed E-state index contributed by atoms with van der Waals surface area (Å²) in [5.74, 6) is 0.932. The molecule has 23 heavy (non-hydrogen) atoms. The third-order valence-corrected chi connectivity index (χ3v) is 4.59. The quantitative estimate of drug-likeness (QED) is 0.935. The van der Waals surface area contributed by atoms with Gasteiger partial charge < -0.3 is 10.0 Å². The monoisotopic (exact) mass is 312 g/mol. The van der Waals surface area contributed by atoms with E-state index in [1.165, 1.54) is 11.1 Å². The first-order valence-electron chi connectivity index (χ1n) is 8.12. The van der Waals surface area contributed by atoms with Crippen LogP contribution in [0.25, 0.3) is 0 Å². The van der Waals surface area contributed by atoms with Crippen molar-refractivity contribution in [1.82, 2.24) is 14.9 Å². The molecule has 1 atom stereocenters. The number of aromatic nitrogens is 2. The maximum absolute atomic E-state index is 10.5. The lowest BCUT2D eigenvalue weighted by Crippen LogP contribution is -2.47. The van der Waals surface area contributed by atoms with Gasteiger partial charge in [0.25, 0.3) is 0 Å². The number of aliphatic hydroxyl groups excluding tert-OH is 1. The van der Waals surface area contributed by atoms with Crippen LogP contribution in [0.3, 0.4) is 0 Å². The Morgan fingerprint density at radius 2 is 1.87 bits per heavy atom. The Morgan fingerprint density at radius 3 is 2.52 bits per heavy atom. The minimum Gasteiger partial charge on any atom is -0.387 e. The van der Waals surface area contributed by atoms with Crippen LogP contribution < -0.4 is 4.90 Å². The first kappa shape index (κ1) is 15.9. The average Bonchev–Trinajstić information content (AvgIpc) is 2.59. The number of rotatable bonds is 4. The molecule has 0 bridgehead atoms. The van der Waals surface area contributed by atoms with Crippen molar-refractivity contribution in [2.24, 2.45) is 0 Å². The fraction of sp³-hybridized carbons (Fsp3) is 0.444. The van der Waals surface area contributed by atoms with Crippen molar-refractivity contribution in [2.75, 3.05) is 37.6 Å². The molecule has 2 aromatic rings. The Morgan fingerprint density at radius 1 is 1.09 bits per heavy atom. The third kappa shape index (κ3) is 3.86. The molecule has 5 nitrogen and oxygen atoms in total. The van der Waals surface area contributed by atoms with E-state index in [0.29, 0.717) is 6.54 Å². The van der Waals surface area contributed by atoms with Crippen LogP contribution in [0.2, 0.25) is 0 Å². The number of aliphatic hydroxyl groups is 1. The van der Waals surface area contributed by atoms with E-state index >= 15 is 0 Å². The molecule has 0 radical (unpaired) electrons. The summed E-state index contributed by atoms with van der Waals surface area (Å²) in [6.07, 6.45) is 4.79. The summed E-state index contributed by atoms with van der Waals surface area (Å²) in [5, 5.41) is 10.5. The molecule has 1 aromatic heterocycles. The Hall–Kier alpha value is -1.98. The number of hydrogen-bond acceptors (Lipinski definition) is 5. The van der Waals surface area contributed by atoms with Gasteiger partial charge in [-0.25, -0.2) is 4.98 Å². The smallest absolute Gasteiger partial charge is 0.147 e.